The smallest absolute Gasteiger partial charge is 0.305 e. The maximum atomic E-state index is 11.3. The number of fused-ring (bicyclic) bond motifs is 1. The summed E-state index contributed by atoms with van der Waals surface area (Å²) in [7, 11) is 1.89. The molecular formula is C15H19N3O4. The summed E-state index contributed by atoms with van der Waals surface area (Å²) >= 11 is 0. The molecule has 7 nitrogen and oxygen atoms in total. The molecule has 0 saturated carbocycles. The fourth-order valence-corrected chi connectivity index (χ4v) is 2.36. The molecule has 22 heavy (non-hydrogen) atoms. The van der Waals surface area contributed by atoms with Crippen molar-refractivity contribution in [1.29, 1.82) is 0 Å². The molecule has 0 unspecified atom stereocenters. The molecule has 1 aromatic carbocycles. The van der Waals surface area contributed by atoms with E-state index in [2.05, 4.69) is 4.98 Å². The third kappa shape index (κ3) is 3.60. The number of nitro benzene ring substituents is 1. The van der Waals surface area contributed by atoms with E-state index in [9.17, 15) is 14.9 Å². The number of nitro groups is 1. The number of esters is 1. The third-order valence-electron chi connectivity index (χ3n) is 3.50. The summed E-state index contributed by atoms with van der Waals surface area (Å²) in [5.74, 6) is 0.683. The van der Waals surface area contributed by atoms with Crippen LogP contribution in [0.25, 0.3) is 11.0 Å². The number of rotatable bonds is 7. The zero-order chi connectivity index (χ0) is 16.1. The molecule has 0 atom stereocenters. The van der Waals surface area contributed by atoms with Gasteiger partial charge in [-0.15, -0.1) is 0 Å². The number of benzene rings is 1. The number of hydrogen-bond acceptors (Lipinski definition) is 5. The molecule has 0 N–H and O–H groups in total. The SMILES string of the molecule is CCOC(=O)CCCCc1nc2cc([N+](=O)[O-])ccc2n1C. The molecule has 118 valence electrons. The number of non-ortho nitro benzene ring substituents is 1. The second-order valence-corrected chi connectivity index (χ2v) is 5.03. The highest BCUT2D eigenvalue weighted by Crippen LogP contribution is 2.21. The van der Waals surface area contributed by atoms with E-state index in [4.69, 9.17) is 4.74 Å². The number of hydrogen-bond donors (Lipinski definition) is 0. The van der Waals surface area contributed by atoms with E-state index >= 15 is 0 Å². The Kier molecular flexibility index (Phi) is 5.08. The minimum Gasteiger partial charge on any atom is -0.466 e. The van der Waals surface area contributed by atoms with Crippen LogP contribution in [0.15, 0.2) is 18.2 Å². The summed E-state index contributed by atoms with van der Waals surface area (Å²) in [5.41, 5.74) is 1.53. The van der Waals surface area contributed by atoms with Crippen molar-refractivity contribution in [2.45, 2.75) is 32.6 Å². The van der Waals surface area contributed by atoms with Crippen LogP contribution in [0.3, 0.4) is 0 Å². The van der Waals surface area contributed by atoms with Crippen LogP contribution in [0.2, 0.25) is 0 Å². The molecule has 0 radical (unpaired) electrons. The predicted octanol–water partition coefficient (Wildman–Crippen LogP) is 2.76. The summed E-state index contributed by atoms with van der Waals surface area (Å²) in [5, 5.41) is 10.8. The van der Waals surface area contributed by atoms with Gasteiger partial charge in [0.15, 0.2) is 0 Å². The zero-order valence-corrected chi connectivity index (χ0v) is 12.7. The van der Waals surface area contributed by atoms with Crippen LogP contribution in [0.1, 0.15) is 32.0 Å². The molecule has 2 aromatic rings. The molecule has 0 amide bonds. The molecule has 0 spiro atoms. The van der Waals surface area contributed by atoms with Gasteiger partial charge in [-0.1, -0.05) is 0 Å². The van der Waals surface area contributed by atoms with E-state index in [1.807, 2.05) is 11.6 Å². The summed E-state index contributed by atoms with van der Waals surface area (Å²) in [6.07, 6.45) is 2.68. The van der Waals surface area contributed by atoms with Crippen molar-refractivity contribution < 1.29 is 14.5 Å². The van der Waals surface area contributed by atoms with Crippen LogP contribution < -0.4 is 0 Å². The molecule has 2 rings (SSSR count). The first-order chi connectivity index (χ1) is 10.5. The van der Waals surface area contributed by atoms with Crippen molar-refractivity contribution in [2.75, 3.05) is 6.61 Å². The highest BCUT2D eigenvalue weighted by atomic mass is 16.6. The van der Waals surface area contributed by atoms with E-state index in [-0.39, 0.29) is 11.7 Å². The Labute approximate surface area is 128 Å². The van der Waals surface area contributed by atoms with Crippen LogP contribution in [-0.4, -0.2) is 27.1 Å². The summed E-state index contributed by atoms with van der Waals surface area (Å²) in [4.78, 5) is 26.1. The molecule has 0 aliphatic carbocycles. The number of carbonyl (C=O) groups is 1. The Bertz CT molecular complexity index is 693. The van der Waals surface area contributed by atoms with E-state index in [1.54, 1.807) is 13.0 Å². The summed E-state index contributed by atoms with van der Waals surface area (Å²) < 4.78 is 6.81. The fraction of sp³-hybridized carbons (Fsp3) is 0.467. The van der Waals surface area contributed by atoms with E-state index in [0.717, 1.165) is 30.6 Å². The predicted molar refractivity (Wildman–Crippen MR) is 81.6 cm³/mol. The summed E-state index contributed by atoms with van der Waals surface area (Å²) in [6.45, 7) is 2.19. The normalized spacial score (nSPS) is 10.8. The topological polar surface area (TPSA) is 87.3 Å². The standard InChI is InChI=1S/C15H19N3O4/c1-3-22-15(19)7-5-4-6-14-16-12-10-11(18(20)21)8-9-13(12)17(14)2/h8-10H,3-7H2,1-2H3. The second kappa shape index (κ2) is 7.02. The van der Waals surface area contributed by atoms with Crippen LogP contribution in [-0.2, 0) is 23.0 Å². The van der Waals surface area contributed by atoms with Crippen LogP contribution >= 0.6 is 0 Å². The highest BCUT2D eigenvalue weighted by molar-refractivity contribution is 5.78. The Morgan fingerprint density at radius 2 is 2.18 bits per heavy atom. The fourth-order valence-electron chi connectivity index (χ4n) is 2.36. The second-order valence-electron chi connectivity index (χ2n) is 5.03. The van der Waals surface area contributed by atoms with Gasteiger partial charge < -0.3 is 9.30 Å². The summed E-state index contributed by atoms with van der Waals surface area (Å²) in [6, 6.07) is 4.68. The molecule has 0 aliphatic rings. The molecule has 0 saturated heterocycles. The van der Waals surface area contributed by atoms with Gasteiger partial charge >= 0.3 is 5.97 Å². The van der Waals surface area contributed by atoms with Gasteiger partial charge in [-0.05, 0) is 25.8 Å². The minimum atomic E-state index is -0.423. The van der Waals surface area contributed by atoms with Crippen molar-refractivity contribution >= 4 is 22.7 Å². The van der Waals surface area contributed by atoms with Crippen LogP contribution in [0.5, 0.6) is 0 Å². The van der Waals surface area contributed by atoms with Crippen molar-refractivity contribution in [1.82, 2.24) is 9.55 Å². The molecule has 0 aliphatic heterocycles. The first-order valence-corrected chi connectivity index (χ1v) is 7.28. The van der Waals surface area contributed by atoms with Crippen molar-refractivity contribution in [2.24, 2.45) is 7.05 Å². The van der Waals surface area contributed by atoms with Crippen molar-refractivity contribution in [3.05, 3.63) is 34.1 Å². The van der Waals surface area contributed by atoms with Gasteiger partial charge in [0, 0.05) is 32.0 Å². The Morgan fingerprint density at radius 3 is 2.86 bits per heavy atom. The number of unbranched alkanes of at least 4 members (excludes halogenated alkanes) is 1. The number of aryl methyl sites for hydroxylation is 2. The number of imidazole rings is 1. The molecule has 7 heteroatoms. The first kappa shape index (κ1) is 15.9. The van der Waals surface area contributed by atoms with E-state index in [1.165, 1.54) is 12.1 Å². The lowest BCUT2D eigenvalue weighted by Gasteiger charge is -2.03. The minimum absolute atomic E-state index is 0.0412. The number of nitrogens with zero attached hydrogens (tertiary/aromatic N) is 3. The number of carbonyl (C=O) groups excluding carboxylic acids is 1. The number of aromatic nitrogens is 2. The van der Waals surface area contributed by atoms with Crippen molar-refractivity contribution in [3.8, 4) is 0 Å². The van der Waals surface area contributed by atoms with Gasteiger partial charge in [-0.25, -0.2) is 4.98 Å². The monoisotopic (exact) mass is 305 g/mol. The lowest BCUT2D eigenvalue weighted by molar-refractivity contribution is -0.384. The van der Waals surface area contributed by atoms with Gasteiger partial charge in [0.05, 0.1) is 22.6 Å². The quantitative estimate of drug-likeness (QED) is 0.340. The maximum absolute atomic E-state index is 11.3. The molecule has 0 bridgehead atoms. The lowest BCUT2D eigenvalue weighted by Crippen LogP contribution is -2.04. The first-order valence-electron chi connectivity index (χ1n) is 7.28. The van der Waals surface area contributed by atoms with Crippen molar-refractivity contribution in [3.63, 3.8) is 0 Å². The van der Waals surface area contributed by atoms with Gasteiger partial charge in [-0.3, -0.25) is 14.9 Å². The Hall–Kier alpha value is -2.44. The average molecular weight is 305 g/mol. The van der Waals surface area contributed by atoms with Crippen LogP contribution in [0.4, 0.5) is 5.69 Å². The third-order valence-corrected chi connectivity index (χ3v) is 3.50. The van der Waals surface area contributed by atoms with Gasteiger partial charge in [0.25, 0.3) is 5.69 Å². The average Bonchev–Trinajstić information content (AvgIpc) is 2.80. The van der Waals surface area contributed by atoms with Gasteiger partial charge in [-0.2, -0.15) is 0 Å². The zero-order valence-electron chi connectivity index (χ0n) is 12.7. The molecule has 0 fully saturated rings. The highest BCUT2D eigenvalue weighted by Gasteiger charge is 2.12. The molecular weight excluding hydrogens is 286 g/mol. The van der Waals surface area contributed by atoms with Gasteiger partial charge in [0.2, 0.25) is 0 Å². The Balaban J connectivity index is 2.01. The molecule has 1 heterocycles. The number of ether oxygens (including phenoxy) is 1. The van der Waals surface area contributed by atoms with Gasteiger partial charge in [0.1, 0.15) is 5.82 Å². The van der Waals surface area contributed by atoms with E-state index in [0.29, 0.717) is 18.5 Å². The Morgan fingerprint density at radius 1 is 1.41 bits per heavy atom. The largest absolute Gasteiger partial charge is 0.466 e. The van der Waals surface area contributed by atoms with Crippen LogP contribution in [0, 0.1) is 10.1 Å². The maximum Gasteiger partial charge on any atom is 0.305 e. The van der Waals surface area contributed by atoms with E-state index < -0.39 is 4.92 Å². The lowest BCUT2D eigenvalue weighted by atomic mass is 10.2. The molecule has 1 aromatic heterocycles.